The molecule has 2 N–H and O–H groups in total. The molecule has 0 aliphatic carbocycles. The van der Waals surface area contributed by atoms with Gasteiger partial charge in [-0.1, -0.05) is 12.1 Å². The van der Waals surface area contributed by atoms with E-state index in [1.165, 1.54) is 18.3 Å². The Hall–Kier alpha value is -3.09. The molecule has 0 saturated heterocycles. The minimum absolute atomic E-state index is 0.293. The van der Waals surface area contributed by atoms with Crippen LogP contribution in [-0.2, 0) is 6.54 Å². The molecule has 0 radical (unpaired) electrons. The Balaban J connectivity index is 1.67. The van der Waals surface area contributed by atoms with Crippen molar-refractivity contribution in [1.29, 1.82) is 0 Å². The molecule has 110 valence electrons. The van der Waals surface area contributed by atoms with Crippen molar-refractivity contribution in [2.24, 2.45) is 0 Å². The molecule has 2 heterocycles. The Morgan fingerprint density at radius 2 is 2.05 bits per heavy atom. The SMILES string of the molecule is Fc1cccc(Nc2nncc(NCc3cccnc3)n2)c1. The van der Waals surface area contributed by atoms with E-state index < -0.39 is 0 Å². The lowest BCUT2D eigenvalue weighted by atomic mass is 10.3. The van der Waals surface area contributed by atoms with E-state index in [0.29, 0.717) is 24.0 Å². The maximum absolute atomic E-state index is 13.1. The normalized spacial score (nSPS) is 10.2. The Morgan fingerprint density at radius 3 is 2.86 bits per heavy atom. The van der Waals surface area contributed by atoms with E-state index in [2.05, 4.69) is 30.8 Å². The van der Waals surface area contributed by atoms with E-state index in [1.54, 1.807) is 24.5 Å². The molecule has 3 rings (SSSR count). The maximum Gasteiger partial charge on any atom is 0.249 e. The van der Waals surface area contributed by atoms with Crippen molar-refractivity contribution < 1.29 is 4.39 Å². The molecule has 0 unspecified atom stereocenters. The molecular formula is C15H13FN6. The van der Waals surface area contributed by atoms with Gasteiger partial charge >= 0.3 is 0 Å². The first kappa shape index (κ1) is 13.9. The van der Waals surface area contributed by atoms with Crippen LogP contribution >= 0.6 is 0 Å². The van der Waals surface area contributed by atoms with Crippen molar-refractivity contribution in [2.45, 2.75) is 6.54 Å². The van der Waals surface area contributed by atoms with E-state index in [1.807, 2.05) is 12.1 Å². The van der Waals surface area contributed by atoms with Gasteiger partial charge in [-0.2, -0.15) is 10.1 Å². The first-order valence-electron chi connectivity index (χ1n) is 6.65. The van der Waals surface area contributed by atoms with Crippen molar-refractivity contribution in [3.05, 3.63) is 66.4 Å². The minimum atomic E-state index is -0.330. The summed E-state index contributed by atoms with van der Waals surface area (Å²) in [7, 11) is 0. The number of anilines is 3. The first-order chi connectivity index (χ1) is 10.8. The maximum atomic E-state index is 13.1. The summed E-state index contributed by atoms with van der Waals surface area (Å²) in [6, 6.07) is 9.89. The lowest BCUT2D eigenvalue weighted by molar-refractivity contribution is 0.628. The molecule has 3 aromatic rings. The summed E-state index contributed by atoms with van der Waals surface area (Å²) in [5, 5.41) is 13.8. The molecule has 0 fully saturated rings. The summed E-state index contributed by atoms with van der Waals surface area (Å²) in [5.74, 6) is 0.531. The molecule has 22 heavy (non-hydrogen) atoms. The number of benzene rings is 1. The van der Waals surface area contributed by atoms with Gasteiger partial charge in [-0.25, -0.2) is 4.39 Å². The Morgan fingerprint density at radius 1 is 1.09 bits per heavy atom. The zero-order valence-electron chi connectivity index (χ0n) is 11.6. The lowest BCUT2D eigenvalue weighted by Gasteiger charge is -2.07. The highest BCUT2D eigenvalue weighted by atomic mass is 19.1. The summed E-state index contributed by atoms with van der Waals surface area (Å²) >= 11 is 0. The van der Waals surface area contributed by atoms with Crippen LogP contribution in [0.1, 0.15) is 5.56 Å². The Kier molecular flexibility index (Phi) is 4.15. The summed E-state index contributed by atoms with van der Waals surface area (Å²) in [5.41, 5.74) is 1.59. The second kappa shape index (κ2) is 6.57. The number of nitrogens with one attached hydrogen (secondary N) is 2. The van der Waals surface area contributed by atoms with Gasteiger partial charge in [0.15, 0.2) is 5.82 Å². The van der Waals surface area contributed by atoms with Crippen LogP contribution in [0.4, 0.5) is 21.8 Å². The van der Waals surface area contributed by atoms with Gasteiger partial charge < -0.3 is 10.6 Å². The predicted octanol–water partition coefficient (Wildman–Crippen LogP) is 2.76. The molecular weight excluding hydrogens is 283 g/mol. The highest BCUT2D eigenvalue weighted by molar-refractivity contribution is 5.53. The number of nitrogens with zero attached hydrogens (tertiary/aromatic N) is 4. The van der Waals surface area contributed by atoms with Gasteiger partial charge in [-0.05, 0) is 29.8 Å². The molecule has 0 amide bonds. The van der Waals surface area contributed by atoms with Gasteiger partial charge in [0.1, 0.15) is 5.82 Å². The molecule has 6 nitrogen and oxygen atoms in total. The zero-order chi connectivity index (χ0) is 15.2. The van der Waals surface area contributed by atoms with Crippen LogP contribution in [0.15, 0.2) is 55.0 Å². The van der Waals surface area contributed by atoms with Crippen LogP contribution in [0.25, 0.3) is 0 Å². The number of halogens is 1. The van der Waals surface area contributed by atoms with Crippen molar-refractivity contribution in [1.82, 2.24) is 20.2 Å². The van der Waals surface area contributed by atoms with Crippen molar-refractivity contribution >= 4 is 17.5 Å². The topological polar surface area (TPSA) is 75.6 Å². The Bertz CT molecular complexity index is 750. The molecule has 0 aliphatic rings. The van der Waals surface area contributed by atoms with E-state index >= 15 is 0 Å². The summed E-state index contributed by atoms with van der Waals surface area (Å²) in [6.45, 7) is 0.575. The summed E-state index contributed by atoms with van der Waals surface area (Å²) in [6.07, 6.45) is 5.01. The monoisotopic (exact) mass is 296 g/mol. The van der Waals surface area contributed by atoms with Crippen LogP contribution in [-0.4, -0.2) is 20.2 Å². The van der Waals surface area contributed by atoms with Crippen LogP contribution in [0, 0.1) is 5.82 Å². The predicted molar refractivity (Wildman–Crippen MR) is 81.1 cm³/mol. The van der Waals surface area contributed by atoms with E-state index in [4.69, 9.17) is 0 Å². The van der Waals surface area contributed by atoms with E-state index in [-0.39, 0.29) is 5.82 Å². The number of aromatic nitrogens is 4. The molecule has 7 heteroatoms. The fourth-order valence-corrected chi connectivity index (χ4v) is 1.83. The number of hydrogen-bond acceptors (Lipinski definition) is 6. The van der Waals surface area contributed by atoms with Crippen LogP contribution in [0.2, 0.25) is 0 Å². The summed E-state index contributed by atoms with van der Waals surface area (Å²) in [4.78, 5) is 8.32. The third-order valence-electron chi connectivity index (χ3n) is 2.84. The zero-order valence-corrected chi connectivity index (χ0v) is 11.6. The van der Waals surface area contributed by atoms with Gasteiger partial charge in [0, 0.05) is 24.6 Å². The van der Waals surface area contributed by atoms with Crippen LogP contribution in [0.3, 0.4) is 0 Å². The second-order valence-corrected chi connectivity index (χ2v) is 4.52. The smallest absolute Gasteiger partial charge is 0.249 e. The van der Waals surface area contributed by atoms with Gasteiger partial charge in [-0.15, -0.1) is 5.10 Å². The first-order valence-corrected chi connectivity index (χ1v) is 6.65. The molecule has 0 spiro atoms. The molecule has 2 aromatic heterocycles. The minimum Gasteiger partial charge on any atom is -0.364 e. The van der Waals surface area contributed by atoms with E-state index in [9.17, 15) is 4.39 Å². The lowest BCUT2D eigenvalue weighted by Crippen LogP contribution is -2.05. The molecule has 0 bridgehead atoms. The van der Waals surface area contributed by atoms with Crippen molar-refractivity contribution in [3.63, 3.8) is 0 Å². The quantitative estimate of drug-likeness (QED) is 0.754. The fraction of sp³-hybridized carbons (Fsp3) is 0.0667. The Labute approximate surface area is 126 Å². The summed E-state index contributed by atoms with van der Waals surface area (Å²) < 4.78 is 13.1. The third kappa shape index (κ3) is 3.72. The molecule has 0 aliphatic heterocycles. The highest BCUT2D eigenvalue weighted by Gasteiger charge is 2.02. The highest BCUT2D eigenvalue weighted by Crippen LogP contribution is 2.14. The van der Waals surface area contributed by atoms with Gasteiger partial charge in [-0.3, -0.25) is 4.98 Å². The molecule has 0 atom stereocenters. The van der Waals surface area contributed by atoms with Crippen LogP contribution < -0.4 is 10.6 Å². The standard InChI is InChI=1S/C15H13FN6/c16-12-4-1-5-13(7-12)20-15-21-14(10-19-22-15)18-9-11-3-2-6-17-8-11/h1-8,10H,9H2,(H2,18,20,21,22). The van der Waals surface area contributed by atoms with Crippen molar-refractivity contribution in [3.8, 4) is 0 Å². The third-order valence-corrected chi connectivity index (χ3v) is 2.84. The average Bonchev–Trinajstić information content (AvgIpc) is 2.54. The van der Waals surface area contributed by atoms with Gasteiger partial charge in [0.2, 0.25) is 5.95 Å². The second-order valence-electron chi connectivity index (χ2n) is 4.52. The molecule has 0 saturated carbocycles. The number of rotatable bonds is 5. The van der Waals surface area contributed by atoms with Crippen LogP contribution in [0.5, 0.6) is 0 Å². The van der Waals surface area contributed by atoms with E-state index in [0.717, 1.165) is 5.56 Å². The largest absolute Gasteiger partial charge is 0.364 e. The fourth-order valence-electron chi connectivity index (χ4n) is 1.83. The molecule has 1 aromatic carbocycles. The van der Waals surface area contributed by atoms with Gasteiger partial charge in [0.25, 0.3) is 0 Å². The van der Waals surface area contributed by atoms with Gasteiger partial charge in [0.05, 0.1) is 6.20 Å². The van der Waals surface area contributed by atoms with Crippen molar-refractivity contribution in [2.75, 3.05) is 10.6 Å². The number of pyridine rings is 1. The average molecular weight is 296 g/mol. The number of hydrogen-bond donors (Lipinski definition) is 2.